The molecule has 1 saturated heterocycles. The number of aryl methyl sites for hydroxylation is 1. The summed E-state index contributed by atoms with van der Waals surface area (Å²) in [5.41, 5.74) is 6.72. The topological polar surface area (TPSA) is 70.7 Å². The van der Waals surface area contributed by atoms with Crippen LogP contribution < -0.4 is 19.3 Å². The lowest BCUT2D eigenvalue weighted by Crippen LogP contribution is -2.55. The van der Waals surface area contributed by atoms with Gasteiger partial charge in [0.05, 0.1) is 43.0 Å². The van der Waals surface area contributed by atoms with Crippen LogP contribution in [0.5, 0.6) is 11.5 Å². The normalized spacial score (nSPS) is 16.9. The molecule has 8 rings (SSSR count). The second kappa shape index (κ2) is 11.6. The number of methoxy groups -OCH3 is 2. The highest BCUT2D eigenvalue weighted by Crippen LogP contribution is 2.49. The Morgan fingerprint density at radius 3 is 2.15 bits per heavy atom. The Morgan fingerprint density at radius 2 is 1.40 bits per heavy atom. The van der Waals surface area contributed by atoms with Crippen LogP contribution in [0.15, 0.2) is 107 Å². The number of aromatic nitrogens is 2. The summed E-state index contributed by atoms with van der Waals surface area (Å²) in [6.45, 7) is 5.05. The third kappa shape index (κ3) is 4.88. The Labute approximate surface area is 272 Å². The van der Waals surface area contributed by atoms with E-state index in [0.29, 0.717) is 11.5 Å². The van der Waals surface area contributed by atoms with Gasteiger partial charge in [0.25, 0.3) is 0 Å². The second-order valence-electron chi connectivity index (χ2n) is 11.8. The van der Waals surface area contributed by atoms with Gasteiger partial charge in [-0.3, -0.25) is 0 Å². The van der Waals surface area contributed by atoms with Crippen LogP contribution in [0.1, 0.15) is 22.9 Å². The van der Waals surface area contributed by atoms with Crippen LogP contribution in [0, 0.1) is 12.7 Å². The lowest BCUT2D eigenvalue weighted by molar-refractivity contribution is 0.354. The third-order valence-corrected chi connectivity index (χ3v) is 9.12. The van der Waals surface area contributed by atoms with Crippen molar-refractivity contribution in [3.8, 4) is 17.2 Å². The molecule has 3 aliphatic heterocycles. The van der Waals surface area contributed by atoms with E-state index in [1.54, 1.807) is 14.2 Å². The molecular formula is C37H34FN7O2. The number of benzene rings is 4. The lowest BCUT2D eigenvalue weighted by atomic mass is 9.93. The zero-order valence-corrected chi connectivity index (χ0v) is 26.5. The summed E-state index contributed by atoms with van der Waals surface area (Å²) in [6, 6.07) is 30.9. The molecule has 0 unspecified atom stereocenters. The molecule has 0 bridgehead atoms. The Kier molecular flexibility index (Phi) is 7.12. The van der Waals surface area contributed by atoms with Gasteiger partial charge < -0.3 is 24.2 Å². The van der Waals surface area contributed by atoms with Crippen molar-refractivity contribution in [3.63, 3.8) is 0 Å². The number of nitrogens with zero attached hydrogens (tertiary/aromatic N) is 7. The minimum Gasteiger partial charge on any atom is -0.493 e. The van der Waals surface area contributed by atoms with E-state index in [1.165, 1.54) is 12.1 Å². The predicted molar refractivity (Wildman–Crippen MR) is 183 cm³/mol. The van der Waals surface area contributed by atoms with Gasteiger partial charge >= 0.3 is 0 Å². The summed E-state index contributed by atoms with van der Waals surface area (Å²) < 4.78 is 27.0. The Balaban J connectivity index is 1.29. The first-order valence-corrected chi connectivity index (χ1v) is 15.7. The maximum atomic E-state index is 13.6. The fraction of sp³-hybridized carbons (Fsp3) is 0.216. The number of amidine groups is 2. The number of hydrogen-bond acceptors (Lipinski definition) is 8. The zero-order valence-electron chi connectivity index (χ0n) is 26.5. The van der Waals surface area contributed by atoms with Gasteiger partial charge in [-0.25, -0.2) is 19.1 Å². The second-order valence-corrected chi connectivity index (χ2v) is 11.8. The number of piperazine rings is 1. The molecule has 0 radical (unpaired) electrons. The SMILES string of the molecule is COc1ccc([C@H]2c3c(C)nn(-c4ccccc4)c3N=C3C(N4CCN(c5ccc(F)cc5)CC4)=Nc4ccccc4N32)cc1OC. The molecule has 1 aromatic heterocycles. The number of rotatable bonds is 5. The van der Waals surface area contributed by atoms with Crippen LogP contribution in [0.2, 0.25) is 0 Å². The quantitative estimate of drug-likeness (QED) is 0.213. The summed E-state index contributed by atoms with van der Waals surface area (Å²) in [6.07, 6.45) is 0. The van der Waals surface area contributed by atoms with Crippen molar-refractivity contribution in [2.75, 3.05) is 50.2 Å². The van der Waals surface area contributed by atoms with Gasteiger partial charge in [0, 0.05) is 37.4 Å². The van der Waals surface area contributed by atoms with Crippen LogP contribution in [0.3, 0.4) is 0 Å². The maximum absolute atomic E-state index is 13.6. The van der Waals surface area contributed by atoms with Crippen LogP contribution in [0.4, 0.5) is 27.3 Å². The maximum Gasteiger partial charge on any atom is 0.179 e. The average molecular weight is 628 g/mol. The highest BCUT2D eigenvalue weighted by atomic mass is 19.1. The van der Waals surface area contributed by atoms with Crippen molar-refractivity contribution in [3.05, 3.63) is 120 Å². The number of fused-ring (bicyclic) bond motifs is 4. The molecule has 0 N–H and O–H groups in total. The predicted octanol–water partition coefficient (Wildman–Crippen LogP) is 6.84. The molecule has 0 spiro atoms. The van der Waals surface area contributed by atoms with Gasteiger partial charge in [-0.05, 0) is 73.2 Å². The molecule has 0 amide bonds. The fourth-order valence-electron chi connectivity index (χ4n) is 6.83. The first-order valence-electron chi connectivity index (χ1n) is 15.7. The lowest BCUT2D eigenvalue weighted by Gasteiger charge is -2.44. The van der Waals surface area contributed by atoms with E-state index in [4.69, 9.17) is 24.6 Å². The summed E-state index contributed by atoms with van der Waals surface area (Å²) in [4.78, 5) is 17.6. The third-order valence-electron chi connectivity index (χ3n) is 9.12. The van der Waals surface area contributed by atoms with Crippen LogP contribution >= 0.6 is 0 Å². The van der Waals surface area contributed by atoms with E-state index in [9.17, 15) is 4.39 Å². The van der Waals surface area contributed by atoms with Crippen LogP contribution in [-0.2, 0) is 0 Å². The highest BCUT2D eigenvalue weighted by molar-refractivity contribution is 6.48. The molecule has 1 fully saturated rings. The van der Waals surface area contributed by atoms with Gasteiger partial charge in [-0.15, -0.1) is 0 Å². The Hall–Kier alpha value is -5.64. The van der Waals surface area contributed by atoms with Gasteiger partial charge in [0.15, 0.2) is 29.0 Å². The summed E-state index contributed by atoms with van der Waals surface area (Å²) in [5, 5.41) is 5.06. The summed E-state index contributed by atoms with van der Waals surface area (Å²) in [5.74, 6) is 3.45. The van der Waals surface area contributed by atoms with Crippen LogP contribution in [0.25, 0.3) is 5.69 Å². The van der Waals surface area contributed by atoms with E-state index in [-0.39, 0.29) is 11.9 Å². The van der Waals surface area contributed by atoms with Gasteiger partial charge in [0.1, 0.15) is 5.82 Å². The molecule has 47 heavy (non-hydrogen) atoms. The van der Waals surface area contributed by atoms with Crippen molar-refractivity contribution in [2.45, 2.75) is 13.0 Å². The van der Waals surface area contributed by atoms with Crippen molar-refractivity contribution in [1.82, 2.24) is 14.7 Å². The molecule has 236 valence electrons. The fourth-order valence-corrected chi connectivity index (χ4v) is 6.83. The molecule has 5 aromatic rings. The summed E-state index contributed by atoms with van der Waals surface area (Å²) >= 11 is 0. The first-order chi connectivity index (χ1) is 23.0. The van der Waals surface area contributed by atoms with Crippen molar-refractivity contribution >= 4 is 34.6 Å². The monoisotopic (exact) mass is 627 g/mol. The first kappa shape index (κ1) is 28.8. The van der Waals surface area contributed by atoms with E-state index in [2.05, 4.69) is 32.9 Å². The van der Waals surface area contributed by atoms with E-state index in [0.717, 1.165) is 83.2 Å². The van der Waals surface area contributed by atoms with Crippen molar-refractivity contribution in [1.29, 1.82) is 0 Å². The standard InChI is InChI=1S/C37H34FN7O2/c1-24-33-34(25-13-18-31(46-2)32(23-25)47-3)44-30-12-8-7-11-29(30)39-36(37(44)40-35(33)45(41-24)28-9-5-4-6-10-28)43-21-19-42(20-22-43)27-16-14-26(38)15-17-27/h4-18,23,34H,19-22H2,1-3H3/t34-/m0/s1. The molecule has 4 heterocycles. The molecule has 1 atom stereocenters. The molecular weight excluding hydrogens is 593 g/mol. The molecule has 3 aliphatic rings. The average Bonchev–Trinajstić information content (AvgIpc) is 3.46. The minimum atomic E-state index is -0.276. The van der Waals surface area contributed by atoms with Crippen LogP contribution in [-0.4, -0.2) is 66.8 Å². The number of anilines is 2. The number of halogens is 1. The Bertz CT molecular complexity index is 2010. The molecule has 9 nitrogen and oxygen atoms in total. The van der Waals surface area contributed by atoms with Crippen molar-refractivity contribution in [2.24, 2.45) is 9.98 Å². The largest absolute Gasteiger partial charge is 0.493 e. The molecule has 10 heteroatoms. The highest BCUT2D eigenvalue weighted by Gasteiger charge is 2.43. The molecule has 4 aromatic carbocycles. The number of para-hydroxylation sites is 3. The van der Waals surface area contributed by atoms with E-state index >= 15 is 0 Å². The van der Waals surface area contributed by atoms with E-state index in [1.807, 2.05) is 78.3 Å². The number of hydrogen-bond donors (Lipinski definition) is 0. The molecule has 0 aliphatic carbocycles. The zero-order chi connectivity index (χ0) is 32.1. The summed E-state index contributed by atoms with van der Waals surface area (Å²) in [7, 11) is 3.31. The van der Waals surface area contributed by atoms with Gasteiger partial charge in [-0.2, -0.15) is 5.10 Å². The smallest absolute Gasteiger partial charge is 0.179 e. The Morgan fingerprint density at radius 1 is 0.702 bits per heavy atom. The minimum absolute atomic E-state index is 0.230. The van der Waals surface area contributed by atoms with Gasteiger partial charge in [-0.1, -0.05) is 36.4 Å². The number of aliphatic imine (C=N–C) groups is 2. The van der Waals surface area contributed by atoms with Gasteiger partial charge in [0.2, 0.25) is 0 Å². The van der Waals surface area contributed by atoms with E-state index < -0.39 is 0 Å². The number of ether oxygens (including phenoxy) is 2. The molecule has 0 saturated carbocycles. The van der Waals surface area contributed by atoms with Crippen molar-refractivity contribution < 1.29 is 13.9 Å².